The summed E-state index contributed by atoms with van der Waals surface area (Å²) >= 11 is 1.59. The molecule has 0 aromatic carbocycles. The largest absolute Gasteiger partial charge is 0.368 e. The van der Waals surface area contributed by atoms with Crippen LogP contribution in [0.15, 0.2) is 23.6 Å². The molecule has 1 aromatic heterocycles. The Morgan fingerprint density at radius 2 is 2.41 bits per heavy atom. The molecule has 0 radical (unpaired) electrons. The van der Waals surface area contributed by atoms with Crippen LogP contribution in [0.5, 0.6) is 0 Å². The minimum absolute atomic E-state index is 0.216. The van der Waals surface area contributed by atoms with Crippen molar-refractivity contribution in [1.82, 2.24) is 15.3 Å². The second-order valence-electron chi connectivity index (χ2n) is 4.08. The minimum Gasteiger partial charge on any atom is -0.368 e. The van der Waals surface area contributed by atoms with Crippen molar-refractivity contribution in [3.8, 4) is 0 Å². The lowest BCUT2D eigenvalue weighted by Gasteiger charge is -2.14. The molecule has 2 rings (SSSR count). The third-order valence-corrected chi connectivity index (χ3v) is 3.50. The van der Waals surface area contributed by atoms with Gasteiger partial charge >= 0.3 is 0 Å². The van der Waals surface area contributed by atoms with Gasteiger partial charge in [0.05, 0.1) is 12.2 Å². The number of hydrogen-bond donors (Lipinski definition) is 2. The predicted octanol–water partition coefficient (Wildman–Crippen LogP) is 0.565. The molecular formula is C11H16N4OS. The molecule has 1 aliphatic carbocycles. The van der Waals surface area contributed by atoms with Crippen LogP contribution in [0.2, 0.25) is 0 Å². The highest BCUT2D eigenvalue weighted by Gasteiger charge is 2.26. The molecule has 1 aromatic rings. The van der Waals surface area contributed by atoms with Crippen molar-refractivity contribution in [2.45, 2.75) is 36.4 Å². The van der Waals surface area contributed by atoms with Gasteiger partial charge in [0.25, 0.3) is 0 Å². The van der Waals surface area contributed by atoms with Gasteiger partial charge in [-0.05, 0) is 19.3 Å². The summed E-state index contributed by atoms with van der Waals surface area (Å²) in [6.07, 6.45) is 8.06. The van der Waals surface area contributed by atoms with Crippen molar-refractivity contribution in [3.63, 3.8) is 0 Å². The molecule has 1 amide bonds. The minimum atomic E-state index is -0.267. The van der Waals surface area contributed by atoms with Gasteiger partial charge in [0.1, 0.15) is 5.03 Å². The molecule has 1 saturated carbocycles. The van der Waals surface area contributed by atoms with E-state index in [1.165, 1.54) is 0 Å². The zero-order valence-corrected chi connectivity index (χ0v) is 10.3. The lowest BCUT2D eigenvalue weighted by molar-refractivity contribution is -0.120. The summed E-state index contributed by atoms with van der Waals surface area (Å²) < 4.78 is 0. The third-order valence-electron chi connectivity index (χ3n) is 2.55. The highest BCUT2D eigenvalue weighted by Crippen LogP contribution is 2.21. The molecule has 5 nitrogen and oxygen atoms in total. The summed E-state index contributed by atoms with van der Waals surface area (Å²) in [5.74, 6) is 0.545. The number of carbonyl (C=O) groups is 1. The predicted molar refractivity (Wildman–Crippen MR) is 66.5 cm³/mol. The second-order valence-corrected chi connectivity index (χ2v) is 5.19. The van der Waals surface area contributed by atoms with Crippen LogP contribution < -0.4 is 11.1 Å². The summed E-state index contributed by atoms with van der Waals surface area (Å²) in [6, 6.07) is 0.278. The van der Waals surface area contributed by atoms with Gasteiger partial charge in [-0.1, -0.05) is 0 Å². The van der Waals surface area contributed by atoms with Crippen molar-refractivity contribution in [3.05, 3.63) is 18.6 Å². The quantitative estimate of drug-likeness (QED) is 0.693. The van der Waals surface area contributed by atoms with Gasteiger partial charge in [-0.3, -0.25) is 9.78 Å². The number of amides is 1. The number of nitrogens with zero attached hydrogens (tertiary/aromatic N) is 2. The van der Waals surface area contributed by atoms with Crippen molar-refractivity contribution in [1.29, 1.82) is 0 Å². The van der Waals surface area contributed by atoms with Crippen molar-refractivity contribution < 1.29 is 4.79 Å². The molecule has 1 aliphatic rings. The molecule has 0 saturated heterocycles. The van der Waals surface area contributed by atoms with E-state index in [1.807, 2.05) is 0 Å². The second kappa shape index (κ2) is 5.97. The Bertz CT molecular complexity index is 369. The molecule has 3 N–H and O–H groups in total. The highest BCUT2D eigenvalue weighted by molar-refractivity contribution is 7.99. The third kappa shape index (κ3) is 4.32. The lowest BCUT2D eigenvalue weighted by Crippen LogP contribution is -2.42. The van der Waals surface area contributed by atoms with E-state index in [-0.39, 0.29) is 11.9 Å². The first-order valence-electron chi connectivity index (χ1n) is 5.70. The zero-order chi connectivity index (χ0) is 12.1. The SMILES string of the molecule is NC(=O)C(CCSc1cnccn1)NC1CC1. The molecule has 1 fully saturated rings. The molecule has 0 bridgehead atoms. The summed E-state index contributed by atoms with van der Waals surface area (Å²) in [4.78, 5) is 19.4. The Morgan fingerprint density at radius 3 is 3.00 bits per heavy atom. The molecule has 17 heavy (non-hydrogen) atoms. The molecule has 6 heteroatoms. The van der Waals surface area contributed by atoms with Gasteiger partial charge in [-0.25, -0.2) is 4.98 Å². The number of nitrogens with one attached hydrogen (secondary N) is 1. The zero-order valence-electron chi connectivity index (χ0n) is 9.50. The monoisotopic (exact) mass is 252 g/mol. The first-order chi connectivity index (χ1) is 8.25. The van der Waals surface area contributed by atoms with E-state index in [1.54, 1.807) is 30.4 Å². The topological polar surface area (TPSA) is 80.9 Å². The standard InChI is InChI=1S/C11H16N4OS/c12-11(16)9(15-8-1-2-8)3-6-17-10-7-13-4-5-14-10/h4-5,7-9,15H,1-3,6H2,(H2,12,16). The fraction of sp³-hybridized carbons (Fsp3) is 0.545. The van der Waals surface area contributed by atoms with Crippen molar-refractivity contribution in [2.24, 2.45) is 5.73 Å². The van der Waals surface area contributed by atoms with Crippen LogP contribution in [0.1, 0.15) is 19.3 Å². The number of rotatable bonds is 7. The maximum absolute atomic E-state index is 11.2. The Kier molecular flexibility index (Phi) is 4.33. The van der Waals surface area contributed by atoms with Crippen LogP contribution in [-0.4, -0.2) is 33.7 Å². The fourth-order valence-electron chi connectivity index (χ4n) is 1.48. The first-order valence-corrected chi connectivity index (χ1v) is 6.68. The van der Waals surface area contributed by atoms with E-state index in [0.29, 0.717) is 6.04 Å². The number of aromatic nitrogens is 2. The average Bonchev–Trinajstić information content (AvgIpc) is 3.13. The van der Waals surface area contributed by atoms with Gasteiger partial charge in [-0.2, -0.15) is 0 Å². The Balaban J connectivity index is 1.73. The molecule has 0 spiro atoms. The van der Waals surface area contributed by atoms with E-state index in [0.717, 1.165) is 30.0 Å². The van der Waals surface area contributed by atoms with Crippen LogP contribution in [-0.2, 0) is 4.79 Å². The average molecular weight is 252 g/mol. The Morgan fingerprint density at radius 1 is 1.59 bits per heavy atom. The smallest absolute Gasteiger partial charge is 0.234 e. The van der Waals surface area contributed by atoms with Gasteiger partial charge in [0, 0.05) is 24.2 Å². The highest BCUT2D eigenvalue weighted by atomic mass is 32.2. The maximum Gasteiger partial charge on any atom is 0.234 e. The summed E-state index contributed by atoms with van der Waals surface area (Å²) in [5, 5.41) is 4.13. The fourth-order valence-corrected chi connectivity index (χ4v) is 2.32. The van der Waals surface area contributed by atoms with Crippen LogP contribution in [0.25, 0.3) is 0 Å². The number of carbonyl (C=O) groups excluding carboxylic acids is 1. The summed E-state index contributed by atoms with van der Waals surface area (Å²) in [5.41, 5.74) is 5.35. The van der Waals surface area contributed by atoms with E-state index in [2.05, 4.69) is 15.3 Å². The number of hydrogen-bond acceptors (Lipinski definition) is 5. The van der Waals surface area contributed by atoms with Gasteiger partial charge in [-0.15, -0.1) is 11.8 Å². The van der Waals surface area contributed by atoms with Crippen molar-refractivity contribution in [2.75, 3.05) is 5.75 Å². The van der Waals surface area contributed by atoms with Gasteiger partial charge < -0.3 is 11.1 Å². The van der Waals surface area contributed by atoms with E-state index in [4.69, 9.17) is 5.73 Å². The summed E-state index contributed by atoms with van der Waals surface area (Å²) in [7, 11) is 0. The number of thioether (sulfide) groups is 1. The summed E-state index contributed by atoms with van der Waals surface area (Å²) in [6.45, 7) is 0. The van der Waals surface area contributed by atoms with Crippen LogP contribution in [0, 0.1) is 0 Å². The van der Waals surface area contributed by atoms with E-state index in [9.17, 15) is 4.79 Å². The maximum atomic E-state index is 11.2. The lowest BCUT2D eigenvalue weighted by atomic mass is 10.2. The molecule has 0 aliphatic heterocycles. The van der Waals surface area contributed by atoms with Gasteiger partial charge in [0.2, 0.25) is 5.91 Å². The molecular weight excluding hydrogens is 236 g/mol. The molecule has 92 valence electrons. The van der Waals surface area contributed by atoms with Crippen LogP contribution in [0.4, 0.5) is 0 Å². The van der Waals surface area contributed by atoms with E-state index < -0.39 is 0 Å². The molecule has 1 heterocycles. The van der Waals surface area contributed by atoms with E-state index >= 15 is 0 Å². The van der Waals surface area contributed by atoms with Gasteiger partial charge in [0.15, 0.2) is 0 Å². The van der Waals surface area contributed by atoms with Crippen LogP contribution in [0.3, 0.4) is 0 Å². The Hall–Kier alpha value is -1.14. The number of primary amides is 1. The van der Waals surface area contributed by atoms with Crippen molar-refractivity contribution >= 4 is 17.7 Å². The Labute approximate surface area is 105 Å². The molecule has 1 atom stereocenters. The molecule has 1 unspecified atom stereocenters. The normalized spacial score (nSPS) is 16.7. The van der Waals surface area contributed by atoms with Crippen LogP contribution >= 0.6 is 11.8 Å². The number of nitrogens with two attached hydrogens (primary N) is 1. The first kappa shape index (κ1) is 12.3.